The van der Waals surface area contributed by atoms with Gasteiger partial charge >= 0.3 is 0 Å². The summed E-state index contributed by atoms with van der Waals surface area (Å²) in [6.45, 7) is 4.21. The number of nitrogens with zero attached hydrogens (tertiary/aromatic N) is 1. The van der Waals surface area contributed by atoms with Crippen LogP contribution in [0.5, 0.6) is 5.75 Å². The van der Waals surface area contributed by atoms with Crippen molar-refractivity contribution < 1.29 is 27.4 Å². The molecule has 6 atom stereocenters. The number of aryl methyl sites for hydroxylation is 1. The zero-order valence-electron chi connectivity index (χ0n) is 24.0. The van der Waals surface area contributed by atoms with Crippen molar-refractivity contribution in [2.45, 2.75) is 75.6 Å². The maximum atomic E-state index is 13.2. The van der Waals surface area contributed by atoms with Gasteiger partial charge in [0, 0.05) is 35.5 Å². The summed E-state index contributed by atoms with van der Waals surface area (Å²) in [7, 11) is -3.87. The summed E-state index contributed by atoms with van der Waals surface area (Å²) in [6.07, 6.45) is 6.85. The fourth-order valence-electron chi connectivity index (χ4n) is 7.97. The third-order valence-electron chi connectivity index (χ3n) is 10.2. The summed E-state index contributed by atoms with van der Waals surface area (Å²) in [5.41, 5.74) is 3.48. The lowest BCUT2D eigenvalue weighted by Gasteiger charge is -2.48. The molecule has 2 fully saturated rings. The Morgan fingerprint density at radius 2 is 2.00 bits per heavy atom. The van der Waals surface area contributed by atoms with Gasteiger partial charge in [0.05, 0.1) is 43.0 Å². The Kier molecular flexibility index (Phi) is 7.44. The monoisotopic (exact) mass is 614 g/mol. The number of nitrogens with one attached hydrogen (secondary N) is 1. The first-order valence-electron chi connectivity index (χ1n) is 15.3. The number of sulfonamides is 1. The van der Waals surface area contributed by atoms with E-state index in [1.807, 2.05) is 12.1 Å². The van der Waals surface area contributed by atoms with Crippen molar-refractivity contribution in [1.29, 1.82) is 0 Å². The largest absolute Gasteiger partial charge is 0.490 e. The summed E-state index contributed by atoms with van der Waals surface area (Å²) < 4.78 is 47.0. The molecule has 42 heavy (non-hydrogen) atoms. The molecule has 3 heterocycles. The summed E-state index contributed by atoms with van der Waals surface area (Å²) in [5.74, 6) is 0.655. The van der Waals surface area contributed by atoms with Crippen LogP contribution in [0.25, 0.3) is 0 Å². The number of fused-ring (bicyclic) bond motifs is 7. The molecule has 10 heteroatoms. The van der Waals surface area contributed by atoms with E-state index in [1.54, 1.807) is 12.1 Å². The summed E-state index contributed by atoms with van der Waals surface area (Å²) in [5, 5.41) is 0.751. The lowest BCUT2D eigenvalue weighted by atomic mass is 9.67. The van der Waals surface area contributed by atoms with Crippen LogP contribution in [0.4, 0.5) is 5.69 Å². The van der Waals surface area contributed by atoms with Crippen molar-refractivity contribution in [3.05, 3.63) is 58.1 Å². The summed E-state index contributed by atoms with van der Waals surface area (Å²) >= 11 is 6.41. The molecule has 4 bridgehead atoms. The number of hydrogen-bond donors (Lipinski definition) is 1. The van der Waals surface area contributed by atoms with E-state index in [-0.39, 0.29) is 36.1 Å². The summed E-state index contributed by atoms with van der Waals surface area (Å²) in [4.78, 5) is 15.6. The van der Waals surface area contributed by atoms with Crippen molar-refractivity contribution in [1.82, 2.24) is 4.72 Å². The van der Waals surface area contributed by atoms with Gasteiger partial charge in [-0.05, 0) is 98.7 Å². The van der Waals surface area contributed by atoms with E-state index < -0.39 is 15.9 Å². The molecule has 0 unspecified atom stereocenters. The zero-order chi connectivity index (χ0) is 29.1. The molecular formula is C32H39ClN2O6S. The number of carbonyl (C=O) groups excluding carboxylic acids is 1. The highest BCUT2D eigenvalue weighted by Crippen LogP contribution is 2.48. The molecule has 1 saturated carbocycles. The lowest BCUT2D eigenvalue weighted by Crippen LogP contribution is -2.51. The standard InChI is InChI=1S/C32H39ClN2O6S/c1-20-13-25-16-30(41-20)26-7-4-23(26)17-35-18-32(10-2-3-21-14-24(33)6-8-27(21)32)19-40-29-9-5-22(15-28(29)35)31(36)34-42(37,38)12-11-39-25/h5-6,8-9,14-15,20,23,25-26,30H,2-4,7,10-13,16-19H2,1H3,(H,34,36)/t20-,23-,25-,26+,30-,32-/m0/s1. The van der Waals surface area contributed by atoms with Crippen LogP contribution in [0.1, 0.15) is 66.9 Å². The average molecular weight is 615 g/mol. The minimum Gasteiger partial charge on any atom is -0.490 e. The van der Waals surface area contributed by atoms with Gasteiger partial charge in [-0.15, -0.1) is 0 Å². The van der Waals surface area contributed by atoms with Gasteiger partial charge in [-0.2, -0.15) is 0 Å². The van der Waals surface area contributed by atoms with Gasteiger partial charge in [-0.25, -0.2) is 13.1 Å². The highest BCUT2D eigenvalue weighted by atomic mass is 35.5. The first-order chi connectivity index (χ1) is 20.2. The van der Waals surface area contributed by atoms with Gasteiger partial charge in [0.1, 0.15) is 5.75 Å². The zero-order valence-corrected chi connectivity index (χ0v) is 25.6. The Hall–Kier alpha value is -2.33. The SMILES string of the molecule is C[C@H]1C[C@H]2C[C@H](O1)[C@@H]1CC[C@H]1CN1C[C@@]3(CCCc4cc(Cl)ccc43)COc3ccc(cc31)C(=O)NS(=O)(=O)CCO2. The van der Waals surface area contributed by atoms with Crippen LogP contribution in [0.15, 0.2) is 36.4 Å². The number of ether oxygens (including phenoxy) is 3. The van der Waals surface area contributed by atoms with Crippen molar-refractivity contribution in [3.8, 4) is 5.75 Å². The third-order valence-corrected chi connectivity index (χ3v) is 11.6. The topological polar surface area (TPSA) is 94.2 Å². The van der Waals surface area contributed by atoms with E-state index in [0.717, 1.165) is 74.5 Å². The number of hydrogen-bond acceptors (Lipinski definition) is 7. The fraction of sp³-hybridized carbons (Fsp3) is 0.594. The van der Waals surface area contributed by atoms with Crippen LogP contribution < -0.4 is 14.4 Å². The number of anilines is 1. The Morgan fingerprint density at radius 3 is 2.83 bits per heavy atom. The number of halogens is 1. The molecule has 8 nitrogen and oxygen atoms in total. The first kappa shape index (κ1) is 28.4. The molecule has 7 rings (SSSR count). The second-order valence-corrected chi connectivity index (χ2v) is 15.3. The molecule has 226 valence electrons. The van der Waals surface area contributed by atoms with Crippen LogP contribution in [0.3, 0.4) is 0 Å². The Bertz CT molecular complexity index is 1480. The smallest absolute Gasteiger partial charge is 0.264 e. The van der Waals surface area contributed by atoms with E-state index >= 15 is 0 Å². The van der Waals surface area contributed by atoms with E-state index in [9.17, 15) is 13.2 Å². The van der Waals surface area contributed by atoms with Crippen LogP contribution in [-0.4, -0.2) is 64.7 Å². The van der Waals surface area contributed by atoms with E-state index in [0.29, 0.717) is 24.0 Å². The van der Waals surface area contributed by atoms with Crippen LogP contribution in [0, 0.1) is 11.8 Å². The second-order valence-electron chi connectivity index (χ2n) is 13.0. The van der Waals surface area contributed by atoms with Crippen molar-refractivity contribution in [2.24, 2.45) is 11.8 Å². The van der Waals surface area contributed by atoms with E-state index in [1.165, 1.54) is 11.1 Å². The average Bonchev–Trinajstić information content (AvgIpc) is 3.07. The molecular weight excluding hydrogens is 576 g/mol. The Morgan fingerprint density at radius 1 is 1.12 bits per heavy atom. The third kappa shape index (κ3) is 5.42. The number of amides is 1. The van der Waals surface area contributed by atoms with Gasteiger partial charge < -0.3 is 19.1 Å². The Labute approximate surface area is 253 Å². The van der Waals surface area contributed by atoms with Gasteiger partial charge in [-0.3, -0.25) is 4.79 Å². The number of rotatable bonds is 0. The normalized spacial score (nSPS) is 34.2. The predicted octanol–water partition coefficient (Wildman–Crippen LogP) is 4.87. The van der Waals surface area contributed by atoms with Gasteiger partial charge in [0.2, 0.25) is 10.0 Å². The van der Waals surface area contributed by atoms with E-state index in [4.69, 9.17) is 25.8 Å². The van der Waals surface area contributed by atoms with Gasteiger partial charge in [0.15, 0.2) is 0 Å². The molecule has 5 aliphatic rings. The number of carbonyl (C=O) groups is 1. The molecule has 1 spiro atoms. The fourth-order valence-corrected chi connectivity index (χ4v) is 8.98. The molecule has 1 amide bonds. The maximum absolute atomic E-state index is 13.2. The van der Waals surface area contributed by atoms with Crippen molar-refractivity contribution in [3.63, 3.8) is 0 Å². The molecule has 2 aromatic rings. The highest BCUT2D eigenvalue weighted by molar-refractivity contribution is 7.90. The minimum atomic E-state index is -3.87. The van der Waals surface area contributed by atoms with Crippen LogP contribution in [-0.2, 0) is 31.3 Å². The Balaban J connectivity index is 1.29. The maximum Gasteiger partial charge on any atom is 0.264 e. The number of benzene rings is 2. The summed E-state index contributed by atoms with van der Waals surface area (Å²) in [6, 6.07) is 11.5. The molecule has 3 aliphatic heterocycles. The van der Waals surface area contributed by atoms with Crippen molar-refractivity contribution >= 4 is 33.2 Å². The first-order valence-corrected chi connectivity index (χ1v) is 17.3. The molecule has 1 saturated heterocycles. The second kappa shape index (κ2) is 11.0. The molecule has 1 N–H and O–H groups in total. The quantitative estimate of drug-likeness (QED) is 0.453. The van der Waals surface area contributed by atoms with Gasteiger partial charge in [-0.1, -0.05) is 17.7 Å². The molecule has 0 radical (unpaired) electrons. The minimum absolute atomic E-state index is 0.0430. The lowest BCUT2D eigenvalue weighted by molar-refractivity contribution is -0.146. The van der Waals surface area contributed by atoms with E-state index in [2.05, 4.69) is 28.7 Å². The van der Waals surface area contributed by atoms with Gasteiger partial charge in [0.25, 0.3) is 5.91 Å². The molecule has 2 aromatic carbocycles. The molecule has 2 aliphatic carbocycles. The van der Waals surface area contributed by atoms with Crippen molar-refractivity contribution in [2.75, 3.05) is 37.0 Å². The highest BCUT2D eigenvalue weighted by Gasteiger charge is 2.46. The predicted molar refractivity (Wildman–Crippen MR) is 161 cm³/mol. The molecule has 0 aromatic heterocycles. The van der Waals surface area contributed by atoms with Crippen LogP contribution in [0.2, 0.25) is 5.02 Å². The van der Waals surface area contributed by atoms with Crippen LogP contribution >= 0.6 is 11.6 Å².